The number of hydrogen-bond donors (Lipinski definition) is 0. The third-order valence-corrected chi connectivity index (χ3v) is 5.50. The Morgan fingerprint density at radius 3 is 2.09 bits per heavy atom. The van der Waals surface area contributed by atoms with Gasteiger partial charge in [-0.3, -0.25) is 9.59 Å². The van der Waals surface area contributed by atoms with Gasteiger partial charge in [-0.25, -0.2) is 4.90 Å². The molecule has 0 fully saturated rings. The summed E-state index contributed by atoms with van der Waals surface area (Å²) in [4.78, 5) is 30.9. The van der Waals surface area contributed by atoms with Crippen LogP contribution >= 0.6 is 0 Å². The van der Waals surface area contributed by atoms with Crippen molar-refractivity contribution in [2.75, 3.05) is 30.1 Å². The Hall–Kier alpha value is -4.06. The maximum absolute atomic E-state index is 13.9. The second-order valence-corrected chi connectivity index (χ2v) is 7.35. The van der Waals surface area contributed by atoms with Crippen molar-refractivity contribution in [2.45, 2.75) is 13.8 Å². The molecule has 0 bridgehead atoms. The fourth-order valence-corrected chi connectivity index (χ4v) is 4.08. The molecule has 0 saturated heterocycles. The first-order chi connectivity index (χ1) is 16.1. The van der Waals surface area contributed by atoms with Gasteiger partial charge >= 0.3 is 0 Å². The summed E-state index contributed by atoms with van der Waals surface area (Å²) < 4.78 is 11.3. The summed E-state index contributed by atoms with van der Waals surface area (Å²) in [5, 5.41) is 0. The Labute approximate surface area is 193 Å². The molecule has 6 nitrogen and oxygen atoms in total. The van der Waals surface area contributed by atoms with E-state index in [0.717, 1.165) is 5.69 Å². The lowest BCUT2D eigenvalue weighted by Gasteiger charge is -2.25. The van der Waals surface area contributed by atoms with Crippen LogP contribution in [0.15, 0.2) is 84.6 Å². The van der Waals surface area contributed by atoms with Crippen LogP contribution < -0.4 is 19.3 Å². The van der Waals surface area contributed by atoms with E-state index in [1.54, 1.807) is 37.4 Å². The first kappa shape index (κ1) is 22.1. The molecule has 0 aromatic heterocycles. The molecular weight excluding hydrogens is 416 g/mol. The number of carbonyl (C=O) groups is 2. The molecule has 0 radical (unpaired) electrons. The number of para-hydroxylation sites is 4. The summed E-state index contributed by atoms with van der Waals surface area (Å²) in [5.74, 6) is 0.181. The van der Waals surface area contributed by atoms with Crippen molar-refractivity contribution in [3.05, 3.63) is 90.1 Å². The van der Waals surface area contributed by atoms with Crippen LogP contribution in [0.25, 0.3) is 5.57 Å². The van der Waals surface area contributed by atoms with E-state index in [4.69, 9.17) is 9.47 Å². The zero-order valence-electron chi connectivity index (χ0n) is 18.9. The summed E-state index contributed by atoms with van der Waals surface area (Å²) in [7, 11) is 1.55. The molecule has 3 aromatic rings. The van der Waals surface area contributed by atoms with Crippen LogP contribution in [0.3, 0.4) is 0 Å². The van der Waals surface area contributed by atoms with Gasteiger partial charge in [-0.05, 0) is 44.2 Å². The summed E-state index contributed by atoms with van der Waals surface area (Å²) in [6.45, 7) is 4.73. The van der Waals surface area contributed by atoms with Crippen LogP contribution in [0, 0.1) is 0 Å². The lowest BCUT2D eigenvalue weighted by atomic mass is 10.0. The molecule has 33 heavy (non-hydrogen) atoms. The SMILES string of the molecule is CCOc1ccccc1N1C(=O)C(c2ccccc2OC)=C(N(CC)c2ccccc2)C1=O. The van der Waals surface area contributed by atoms with E-state index in [1.807, 2.05) is 67.3 Å². The number of hydrogen-bond acceptors (Lipinski definition) is 5. The summed E-state index contributed by atoms with van der Waals surface area (Å²) in [6, 6.07) is 23.9. The number of ether oxygens (including phenoxy) is 2. The van der Waals surface area contributed by atoms with Crippen LogP contribution in [0.2, 0.25) is 0 Å². The average Bonchev–Trinajstić information content (AvgIpc) is 3.10. The topological polar surface area (TPSA) is 59.1 Å². The van der Waals surface area contributed by atoms with Crippen molar-refractivity contribution in [1.82, 2.24) is 0 Å². The monoisotopic (exact) mass is 442 g/mol. The molecule has 6 heteroatoms. The Morgan fingerprint density at radius 1 is 0.788 bits per heavy atom. The van der Waals surface area contributed by atoms with Gasteiger partial charge in [-0.15, -0.1) is 0 Å². The Morgan fingerprint density at radius 2 is 1.42 bits per heavy atom. The van der Waals surface area contributed by atoms with Crippen molar-refractivity contribution in [2.24, 2.45) is 0 Å². The summed E-state index contributed by atoms with van der Waals surface area (Å²) in [5.41, 5.74) is 2.42. The molecule has 0 unspecified atom stereocenters. The number of benzene rings is 3. The second-order valence-electron chi connectivity index (χ2n) is 7.35. The predicted molar refractivity (Wildman–Crippen MR) is 129 cm³/mol. The average molecular weight is 443 g/mol. The summed E-state index contributed by atoms with van der Waals surface area (Å²) in [6.07, 6.45) is 0. The number of likely N-dealkylation sites (N-methyl/N-ethyl adjacent to an activating group) is 1. The van der Waals surface area contributed by atoms with Crippen molar-refractivity contribution >= 4 is 28.8 Å². The van der Waals surface area contributed by atoms with E-state index in [0.29, 0.717) is 47.2 Å². The molecule has 4 rings (SSSR count). The molecule has 1 aliphatic rings. The maximum Gasteiger partial charge on any atom is 0.282 e. The van der Waals surface area contributed by atoms with Gasteiger partial charge in [0, 0.05) is 17.8 Å². The van der Waals surface area contributed by atoms with Gasteiger partial charge in [-0.1, -0.05) is 48.5 Å². The Kier molecular flexibility index (Phi) is 6.45. The van der Waals surface area contributed by atoms with Gasteiger partial charge in [0.05, 0.1) is 25.0 Å². The number of methoxy groups -OCH3 is 1. The third-order valence-electron chi connectivity index (χ3n) is 5.50. The number of anilines is 2. The first-order valence-corrected chi connectivity index (χ1v) is 10.9. The molecule has 0 N–H and O–H groups in total. The minimum atomic E-state index is -0.416. The van der Waals surface area contributed by atoms with Crippen LogP contribution in [-0.2, 0) is 9.59 Å². The molecule has 0 aliphatic carbocycles. The highest BCUT2D eigenvalue weighted by molar-refractivity contribution is 6.47. The number of carbonyl (C=O) groups excluding carboxylic acids is 2. The molecule has 0 spiro atoms. The standard InChI is InChI=1S/C27H26N2O4/c1-4-28(19-13-7-6-8-14-19)25-24(20-15-9-11-17-22(20)32-3)26(30)29(27(25)31)21-16-10-12-18-23(21)33-5-2/h6-18H,4-5H2,1-3H3. The number of amides is 2. The van der Waals surface area contributed by atoms with Gasteiger partial charge in [0.15, 0.2) is 0 Å². The second kappa shape index (κ2) is 9.61. The predicted octanol–water partition coefficient (Wildman–Crippen LogP) is 4.90. The largest absolute Gasteiger partial charge is 0.496 e. The van der Waals surface area contributed by atoms with Gasteiger partial charge < -0.3 is 14.4 Å². The molecule has 0 atom stereocenters. The maximum atomic E-state index is 13.9. The molecule has 0 saturated carbocycles. The van der Waals surface area contributed by atoms with Crippen molar-refractivity contribution < 1.29 is 19.1 Å². The third kappa shape index (κ3) is 3.96. The zero-order valence-corrected chi connectivity index (χ0v) is 18.9. The van der Waals surface area contributed by atoms with E-state index in [1.165, 1.54) is 4.90 Å². The normalized spacial score (nSPS) is 13.5. The number of rotatable bonds is 8. The van der Waals surface area contributed by atoms with E-state index >= 15 is 0 Å². The Bertz CT molecular complexity index is 1200. The Balaban J connectivity index is 1.95. The highest BCUT2D eigenvalue weighted by Gasteiger charge is 2.44. The first-order valence-electron chi connectivity index (χ1n) is 10.9. The zero-order chi connectivity index (χ0) is 23.4. The van der Waals surface area contributed by atoms with Crippen molar-refractivity contribution in [1.29, 1.82) is 0 Å². The minimum absolute atomic E-state index is 0.300. The van der Waals surface area contributed by atoms with E-state index in [9.17, 15) is 9.59 Å². The smallest absolute Gasteiger partial charge is 0.282 e. The van der Waals surface area contributed by atoms with Crippen LogP contribution in [0.1, 0.15) is 19.4 Å². The van der Waals surface area contributed by atoms with Crippen LogP contribution in [0.5, 0.6) is 11.5 Å². The fraction of sp³-hybridized carbons (Fsp3) is 0.185. The molecule has 1 aliphatic heterocycles. The summed E-state index contributed by atoms with van der Waals surface area (Å²) >= 11 is 0. The minimum Gasteiger partial charge on any atom is -0.496 e. The van der Waals surface area contributed by atoms with Gasteiger partial charge in [0.1, 0.15) is 17.2 Å². The highest BCUT2D eigenvalue weighted by atomic mass is 16.5. The van der Waals surface area contributed by atoms with E-state index in [-0.39, 0.29) is 0 Å². The van der Waals surface area contributed by atoms with Gasteiger partial charge in [-0.2, -0.15) is 0 Å². The van der Waals surface area contributed by atoms with Crippen LogP contribution in [-0.4, -0.2) is 32.1 Å². The lowest BCUT2D eigenvalue weighted by molar-refractivity contribution is -0.120. The van der Waals surface area contributed by atoms with E-state index in [2.05, 4.69) is 0 Å². The molecule has 3 aromatic carbocycles. The van der Waals surface area contributed by atoms with Gasteiger partial charge in [0.25, 0.3) is 11.8 Å². The van der Waals surface area contributed by atoms with Crippen molar-refractivity contribution in [3.63, 3.8) is 0 Å². The molecule has 1 heterocycles. The van der Waals surface area contributed by atoms with Gasteiger partial charge in [0.2, 0.25) is 0 Å². The van der Waals surface area contributed by atoms with Crippen molar-refractivity contribution in [3.8, 4) is 11.5 Å². The quantitative estimate of drug-likeness (QED) is 0.464. The van der Waals surface area contributed by atoms with E-state index < -0.39 is 11.8 Å². The highest BCUT2D eigenvalue weighted by Crippen LogP contribution is 2.41. The lowest BCUT2D eigenvalue weighted by Crippen LogP contribution is -2.35. The number of nitrogens with zero attached hydrogens (tertiary/aromatic N) is 2. The fourth-order valence-electron chi connectivity index (χ4n) is 4.08. The molecule has 168 valence electrons. The number of imide groups is 1. The molecule has 2 amide bonds. The molecular formula is C27H26N2O4. The van der Waals surface area contributed by atoms with Crippen LogP contribution in [0.4, 0.5) is 11.4 Å².